The van der Waals surface area contributed by atoms with E-state index in [-0.39, 0.29) is 57.7 Å². The molecule has 47 heavy (non-hydrogen) atoms. The lowest BCUT2D eigenvalue weighted by Crippen LogP contribution is -2.63. The zero-order chi connectivity index (χ0) is 34.5. The maximum absolute atomic E-state index is 14.2. The van der Waals surface area contributed by atoms with Gasteiger partial charge in [-0.05, 0) is 109 Å². The number of carbonyl (C=O) groups excluding carboxylic acids is 1. The monoisotopic (exact) mass is 676 g/mol. The topological polar surface area (TPSA) is 69.7 Å². The number of benzene rings is 1. The fourth-order valence-corrected chi connectivity index (χ4v) is 12.0. The highest BCUT2D eigenvalue weighted by molar-refractivity contribution is 7.87. The van der Waals surface area contributed by atoms with Gasteiger partial charge in [0.2, 0.25) is 0 Å². The Balaban J connectivity index is 1.35. The molecule has 0 aromatic heterocycles. The zero-order valence-electron chi connectivity index (χ0n) is 28.9. The lowest BCUT2D eigenvalue weighted by Gasteiger charge is -2.70. The molecule has 0 radical (unpaired) electrons. The lowest BCUT2D eigenvalue weighted by molar-refractivity contribution is -0.184. The maximum Gasteiger partial charge on any atom is 0.534 e. The van der Waals surface area contributed by atoms with Crippen molar-refractivity contribution in [2.24, 2.45) is 50.2 Å². The quantitative estimate of drug-likeness (QED) is 0.134. The van der Waals surface area contributed by atoms with Gasteiger partial charge in [0.15, 0.2) is 0 Å². The molecule has 0 spiro atoms. The minimum absolute atomic E-state index is 0.0562. The number of ether oxygens (including phenoxy) is 1. The number of esters is 1. The van der Waals surface area contributed by atoms with Crippen molar-refractivity contribution < 1.29 is 35.3 Å². The fraction of sp³-hybridized carbons (Fsp3) is 0.711. The van der Waals surface area contributed by atoms with E-state index in [2.05, 4.69) is 40.7 Å². The molecule has 0 bridgehead atoms. The minimum Gasteiger partial charge on any atom is -0.460 e. The molecule has 5 aliphatic rings. The summed E-state index contributed by atoms with van der Waals surface area (Å²) in [5.41, 5.74) is -4.98. The van der Waals surface area contributed by atoms with Crippen LogP contribution in [0.2, 0.25) is 0 Å². The predicted molar refractivity (Wildman–Crippen MR) is 175 cm³/mol. The van der Waals surface area contributed by atoms with E-state index >= 15 is 0 Å². The summed E-state index contributed by atoms with van der Waals surface area (Å²) in [6.45, 7) is 15.6. The van der Waals surface area contributed by atoms with Crippen LogP contribution in [0.3, 0.4) is 0 Å². The number of alkyl halides is 3. The van der Waals surface area contributed by atoms with Crippen LogP contribution in [-0.4, -0.2) is 19.9 Å². The normalized spacial score (nSPS) is 39.1. The number of hydrogen-bond acceptors (Lipinski definition) is 5. The Labute approximate surface area is 278 Å². The first-order chi connectivity index (χ1) is 21.6. The maximum atomic E-state index is 14.2. The number of halogens is 3. The summed E-state index contributed by atoms with van der Waals surface area (Å²) in [6.07, 6.45) is 11.3. The summed E-state index contributed by atoms with van der Waals surface area (Å²) in [7, 11) is -5.76. The van der Waals surface area contributed by atoms with Gasteiger partial charge in [-0.25, -0.2) is 0 Å². The first-order valence-electron chi connectivity index (χ1n) is 17.3. The van der Waals surface area contributed by atoms with Gasteiger partial charge < -0.3 is 8.92 Å². The van der Waals surface area contributed by atoms with Crippen molar-refractivity contribution in [3.8, 4) is 0 Å². The van der Waals surface area contributed by atoms with Crippen molar-refractivity contribution in [3.05, 3.63) is 59.4 Å². The molecule has 5 nitrogen and oxygen atoms in total. The summed E-state index contributed by atoms with van der Waals surface area (Å²) < 4.78 is 75.0. The van der Waals surface area contributed by atoms with E-state index in [0.29, 0.717) is 6.42 Å². The van der Waals surface area contributed by atoms with Gasteiger partial charge in [-0.15, -0.1) is 0 Å². The largest absolute Gasteiger partial charge is 0.534 e. The number of rotatable bonds is 5. The molecule has 0 heterocycles. The van der Waals surface area contributed by atoms with Gasteiger partial charge in [-0.3, -0.25) is 4.79 Å². The summed E-state index contributed by atoms with van der Waals surface area (Å²) in [6, 6.07) is 9.84. The van der Waals surface area contributed by atoms with Crippen LogP contribution in [0.4, 0.5) is 13.2 Å². The molecule has 0 unspecified atom stereocenters. The highest BCUT2D eigenvalue weighted by Crippen LogP contribution is 2.75. The number of fused-ring (bicyclic) bond motifs is 7. The average Bonchev–Trinajstić information content (AvgIpc) is 2.97. The van der Waals surface area contributed by atoms with Crippen LogP contribution < -0.4 is 0 Å². The molecular weight excluding hydrogens is 625 g/mol. The van der Waals surface area contributed by atoms with Crippen LogP contribution in [0, 0.1) is 50.2 Å². The average molecular weight is 677 g/mol. The molecule has 3 fully saturated rings. The number of carbonyl (C=O) groups is 1. The van der Waals surface area contributed by atoms with Crippen molar-refractivity contribution in [2.45, 2.75) is 118 Å². The Morgan fingerprint density at radius 1 is 0.894 bits per heavy atom. The Morgan fingerprint density at radius 2 is 1.55 bits per heavy atom. The van der Waals surface area contributed by atoms with Gasteiger partial charge in [-0.1, -0.05) is 90.4 Å². The molecule has 3 saturated carbocycles. The second-order valence-electron chi connectivity index (χ2n) is 17.4. The first kappa shape index (κ1) is 34.6. The molecule has 7 atom stereocenters. The van der Waals surface area contributed by atoms with Crippen molar-refractivity contribution in [1.82, 2.24) is 0 Å². The van der Waals surface area contributed by atoms with Gasteiger partial charge in [0.05, 0.1) is 5.41 Å². The smallest absolute Gasteiger partial charge is 0.460 e. The van der Waals surface area contributed by atoms with Gasteiger partial charge >= 0.3 is 21.6 Å². The van der Waals surface area contributed by atoms with Crippen LogP contribution in [0.1, 0.15) is 112 Å². The Morgan fingerprint density at radius 3 is 2.21 bits per heavy atom. The van der Waals surface area contributed by atoms with Crippen LogP contribution in [0.15, 0.2) is 53.8 Å². The molecule has 0 amide bonds. The summed E-state index contributed by atoms with van der Waals surface area (Å²) in [5, 5.41) is 0. The van der Waals surface area contributed by atoms with E-state index in [0.717, 1.165) is 56.9 Å². The van der Waals surface area contributed by atoms with Crippen molar-refractivity contribution in [1.29, 1.82) is 0 Å². The standard InChI is InChI=1S/C38H51F3O5S/c1-32(2)19-21-37(31(42)45-24-25-11-9-8-10-12-25)22-20-35(6)26(27(37)23-32)13-14-29-34(5)17-16-30(46-47(43,44)38(39,40)41)33(3,4)28(34)15-18-36(29,35)7/h8-13,16,27-29H,14-15,17-24H2,1-7H3/t27-,28-,29+,34-,35+,36+,37-/m0/s1. The summed E-state index contributed by atoms with van der Waals surface area (Å²) in [4.78, 5) is 14.2. The molecule has 1 aromatic rings. The van der Waals surface area contributed by atoms with Gasteiger partial charge in [0.1, 0.15) is 12.4 Å². The molecule has 9 heteroatoms. The van der Waals surface area contributed by atoms with E-state index in [1.54, 1.807) is 6.08 Å². The second kappa shape index (κ2) is 10.9. The highest BCUT2D eigenvalue weighted by atomic mass is 32.2. The Hall–Kier alpha value is -2.29. The first-order valence-corrected chi connectivity index (χ1v) is 18.7. The summed E-state index contributed by atoms with van der Waals surface area (Å²) >= 11 is 0. The fourth-order valence-electron chi connectivity index (χ4n) is 11.4. The van der Waals surface area contributed by atoms with Crippen LogP contribution in [-0.2, 0) is 30.4 Å². The Kier molecular flexibility index (Phi) is 7.98. The second-order valence-corrected chi connectivity index (χ2v) is 18.9. The number of allylic oxidation sites excluding steroid dienone is 4. The molecule has 6 rings (SSSR count). The molecule has 0 aliphatic heterocycles. The van der Waals surface area contributed by atoms with Gasteiger partial charge in [-0.2, -0.15) is 21.6 Å². The number of hydrogen-bond donors (Lipinski definition) is 0. The van der Waals surface area contributed by atoms with E-state index in [9.17, 15) is 26.4 Å². The van der Waals surface area contributed by atoms with Crippen LogP contribution in [0.25, 0.3) is 0 Å². The van der Waals surface area contributed by atoms with E-state index in [4.69, 9.17) is 8.92 Å². The Bertz CT molecular complexity index is 1590. The summed E-state index contributed by atoms with van der Waals surface area (Å²) in [5.74, 6) is 0.0902. The SMILES string of the molecule is CC1(C)CC[C@]2(C(=O)OCc3ccccc3)CC[C@]3(C)C(=CC[C@@H]4[C@@]5(C)CC=C(OS(=O)(=O)C(F)(F)F)C(C)(C)[C@@H]5CC[C@]43C)[C@@H]2C1. The lowest BCUT2D eigenvalue weighted by atomic mass is 9.34. The van der Waals surface area contributed by atoms with Crippen molar-refractivity contribution >= 4 is 16.1 Å². The van der Waals surface area contributed by atoms with E-state index in [1.807, 2.05) is 44.2 Å². The molecule has 260 valence electrons. The molecule has 0 N–H and O–H groups in total. The molecule has 5 aliphatic carbocycles. The minimum atomic E-state index is -5.76. The van der Waals surface area contributed by atoms with Crippen molar-refractivity contribution in [3.63, 3.8) is 0 Å². The van der Waals surface area contributed by atoms with E-state index in [1.165, 1.54) is 5.57 Å². The highest BCUT2D eigenvalue weighted by Gasteiger charge is 2.69. The predicted octanol–water partition coefficient (Wildman–Crippen LogP) is 9.89. The molecule has 1 aromatic carbocycles. The van der Waals surface area contributed by atoms with E-state index < -0.39 is 26.5 Å². The zero-order valence-corrected chi connectivity index (χ0v) is 29.7. The van der Waals surface area contributed by atoms with Crippen LogP contribution in [0.5, 0.6) is 0 Å². The van der Waals surface area contributed by atoms with Gasteiger partial charge in [0, 0.05) is 5.41 Å². The molecule has 0 saturated heterocycles. The molecular formula is C38H51F3O5S. The van der Waals surface area contributed by atoms with Crippen molar-refractivity contribution in [2.75, 3.05) is 0 Å². The third-order valence-corrected chi connectivity index (χ3v) is 15.2. The van der Waals surface area contributed by atoms with Crippen LogP contribution >= 0.6 is 0 Å². The third kappa shape index (κ3) is 5.13. The third-order valence-electron chi connectivity index (χ3n) is 14.2. The van der Waals surface area contributed by atoms with Gasteiger partial charge in [0.25, 0.3) is 0 Å².